The number of carbonyl (C=O) groups excluding carboxylic acids is 1. The van der Waals surface area contributed by atoms with Gasteiger partial charge in [0.2, 0.25) is 0 Å². The van der Waals surface area contributed by atoms with Crippen molar-refractivity contribution in [1.82, 2.24) is 0 Å². The number of hydrogen-bond acceptors (Lipinski definition) is 6. The van der Waals surface area contributed by atoms with Crippen LogP contribution in [0.4, 0.5) is 0 Å². The van der Waals surface area contributed by atoms with E-state index < -0.39 is 13.9 Å². The Labute approximate surface area is 381 Å². The Kier molecular flexibility index (Phi) is 43.1. The molecule has 0 amide bonds. The lowest BCUT2D eigenvalue weighted by Crippen LogP contribution is -2.37. The van der Waals surface area contributed by atoms with Crippen molar-refractivity contribution in [3.05, 3.63) is 97.2 Å². The van der Waals surface area contributed by atoms with Gasteiger partial charge in [-0.3, -0.25) is 13.8 Å². The zero-order valence-corrected chi connectivity index (χ0v) is 41.2. The van der Waals surface area contributed by atoms with Gasteiger partial charge in [0.25, 0.3) is 0 Å². The minimum Gasteiger partial charge on any atom is -0.457 e. The monoisotopic (exact) mass is 887 g/mol. The van der Waals surface area contributed by atoms with Gasteiger partial charge in [0, 0.05) is 13.0 Å². The van der Waals surface area contributed by atoms with E-state index in [0.717, 1.165) is 96.3 Å². The van der Waals surface area contributed by atoms with Crippen LogP contribution in [0.5, 0.6) is 0 Å². The SMILES string of the molecule is CC/C=C\C/C=C\C/C=C\C/C=C\C/C=C\C/C=C\CCCCCOCC(COP(=O)(O)OCC[N+](C)(C)C)OC(=O)CCCCCCCCC/C=C\C/C=C\CCCCCC. The molecule has 1 N–H and O–H groups in total. The summed E-state index contributed by atoms with van der Waals surface area (Å²) in [5.74, 6) is -0.338. The van der Waals surface area contributed by atoms with Gasteiger partial charge in [0.1, 0.15) is 19.3 Å². The van der Waals surface area contributed by atoms with E-state index in [4.69, 9.17) is 18.5 Å². The van der Waals surface area contributed by atoms with Gasteiger partial charge in [0.05, 0.1) is 34.4 Å². The van der Waals surface area contributed by atoms with Gasteiger partial charge in [-0.25, -0.2) is 4.57 Å². The van der Waals surface area contributed by atoms with E-state index in [1.807, 2.05) is 21.1 Å². The minimum atomic E-state index is -4.30. The van der Waals surface area contributed by atoms with Gasteiger partial charge < -0.3 is 18.9 Å². The van der Waals surface area contributed by atoms with Crippen LogP contribution in [-0.4, -0.2) is 75.6 Å². The molecule has 0 rings (SSSR count). The zero-order valence-electron chi connectivity index (χ0n) is 40.3. The molecule has 8 nitrogen and oxygen atoms in total. The summed E-state index contributed by atoms with van der Waals surface area (Å²) in [6, 6.07) is 0. The molecule has 0 radical (unpaired) electrons. The average Bonchev–Trinajstić information content (AvgIpc) is 3.23. The highest BCUT2D eigenvalue weighted by Crippen LogP contribution is 2.43. The molecule has 0 spiro atoms. The van der Waals surface area contributed by atoms with E-state index in [1.165, 1.54) is 57.8 Å². The van der Waals surface area contributed by atoms with Gasteiger partial charge in [-0.05, 0) is 96.3 Å². The number of hydrogen-bond donors (Lipinski definition) is 1. The number of phosphoric acid groups is 1. The van der Waals surface area contributed by atoms with Crippen LogP contribution in [-0.2, 0) is 27.9 Å². The highest BCUT2D eigenvalue weighted by molar-refractivity contribution is 7.47. The quantitative estimate of drug-likeness (QED) is 0.0214. The fourth-order valence-corrected chi connectivity index (χ4v) is 6.86. The maximum absolute atomic E-state index is 12.7. The standard InChI is InChI=1S/C53H92NO7P/c1-6-8-10-12-14-16-18-20-22-24-26-27-28-29-31-33-35-37-39-41-43-45-48-58-50-52(51-60-62(56,57)59-49-47-54(3,4)5)61-53(55)46-44-42-40-38-36-34-32-30-25-23-21-19-17-15-13-11-9-7-2/h8,10,14,16-17,19-20,22-23,25-27,29,31,35,37,52H,6-7,9,11-13,15,18,21,24,28,30,32-34,36,38-51H2,1-5H3/p+1/b10-8-,16-14-,19-17-,22-20-,25-23-,27-26-,31-29-,37-35-. The molecule has 0 saturated carbocycles. The molecule has 0 bridgehead atoms. The Morgan fingerprint density at radius 3 is 1.40 bits per heavy atom. The number of phosphoric ester groups is 1. The number of likely N-dealkylation sites (N-methyl/N-ethyl adjacent to an activating group) is 1. The molecule has 9 heteroatoms. The number of rotatable bonds is 44. The Balaban J connectivity index is 4.30. The number of carbonyl (C=O) groups is 1. The molecule has 62 heavy (non-hydrogen) atoms. The first-order valence-corrected chi connectivity index (χ1v) is 26.0. The molecule has 0 heterocycles. The van der Waals surface area contributed by atoms with E-state index in [2.05, 4.69) is 111 Å². The predicted molar refractivity (Wildman–Crippen MR) is 265 cm³/mol. The number of esters is 1. The van der Waals surface area contributed by atoms with Crippen LogP contribution in [0.3, 0.4) is 0 Å². The lowest BCUT2D eigenvalue weighted by atomic mass is 10.1. The number of quaternary nitrogens is 1. The van der Waals surface area contributed by atoms with Gasteiger partial charge in [0.15, 0.2) is 0 Å². The number of allylic oxidation sites excluding steroid dienone is 16. The fourth-order valence-electron chi connectivity index (χ4n) is 6.11. The second kappa shape index (κ2) is 45.0. The summed E-state index contributed by atoms with van der Waals surface area (Å²) >= 11 is 0. The molecule has 0 aliphatic rings. The van der Waals surface area contributed by atoms with Gasteiger partial charge in [-0.15, -0.1) is 0 Å². The highest BCUT2D eigenvalue weighted by atomic mass is 31.2. The van der Waals surface area contributed by atoms with E-state index in [-0.39, 0.29) is 25.8 Å². The first-order valence-electron chi connectivity index (χ1n) is 24.5. The molecule has 0 fully saturated rings. The average molecular weight is 887 g/mol. The maximum Gasteiger partial charge on any atom is 0.472 e. The highest BCUT2D eigenvalue weighted by Gasteiger charge is 2.26. The van der Waals surface area contributed by atoms with Crippen LogP contribution in [0.1, 0.15) is 174 Å². The van der Waals surface area contributed by atoms with Crippen molar-refractivity contribution in [1.29, 1.82) is 0 Å². The number of nitrogens with zero attached hydrogens (tertiary/aromatic N) is 1. The van der Waals surface area contributed by atoms with Crippen molar-refractivity contribution in [2.24, 2.45) is 0 Å². The van der Waals surface area contributed by atoms with E-state index in [1.54, 1.807) is 0 Å². The van der Waals surface area contributed by atoms with E-state index in [0.29, 0.717) is 24.1 Å². The smallest absolute Gasteiger partial charge is 0.457 e. The second-order valence-electron chi connectivity index (χ2n) is 17.1. The third kappa shape index (κ3) is 48.5. The normalized spacial score (nSPS) is 14.5. The summed E-state index contributed by atoms with van der Waals surface area (Å²) in [4.78, 5) is 23.0. The molecule has 0 aliphatic carbocycles. The Hall–Kier alpha value is -2.58. The topological polar surface area (TPSA) is 91.3 Å². The summed E-state index contributed by atoms with van der Waals surface area (Å²) in [7, 11) is 1.62. The summed E-state index contributed by atoms with van der Waals surface area (Å²) in [5, 5.41) is 0. The second-order valence-corrected chi connectivity index (χ2v) is 18.6. The Morgan fingerprint density at radius 1 is 0.516 bits per heavy atom. The van der Waals surface area contributed by atoms with Crippen LogP contribution >= 0.6 is 7.82 Å². The molecular weight excluding hydrogens is 794 g/mol. The third-order valence-corrected chi connectivity index (χ3v) is 10.9. The van der Waals surface area contributed by atoms with Crippen molar-refractivity contribution < 1.29 is 37.3 Å². The van der Waals surface area contributed by atoms with Gasteiger partial charge >= 0.3 is 13.8 Å². The van der Waals surface area contributed by atoms with Gasteiger partial charge in [-0.2, -0.15) is 0 Å². The molecule has 0 aromatic carbocycles. The minimum absolute atomic E-state index is 0.0744. The predicted octanol–water partition coefficient (Wildman–Crippen LogP) is 15.0. The first kappa shape index (κ1) is 59.4. The number of ether oxygens (including phenoxy) is 2. The summed E-state index contributed by atoms with van der Waals surface area (Å²) in [6.07, 6.45) is 61.6. The van der Waals surface area contributed by atoms with Crippen molar-refractivity contribution in [2.45, 2.75) is 180 Å². The Morgan fingerprint density at radius 2 is 0.935 bits per heavy atom. The molecular formula is C53H93NO7P+. The lowest BCUT2D eigenvalue weighted by Gasteiger charge is -2.24. The molecule has 356 valence electrons. The molecule has 0 saturated heterocycles. The molecule has 0 aromatic heterocycles. The van der Waals surface area contributed by atoms with Gasteiger partial charge in [-0.1, -0.05) is 169 Å². The van der Waals surface area contributed by atoms with Crippen LogP contribution in [0.15, 0.2) is 97.2 Å². The van der Waals surface area contributed by atoms with Crippen LogP contribution in [0.25, 0.3) is 0 Å². The molecule has 2 atom stereocenters. The maximum atomic E-state index is 12.7. The number of unbranched alkanes of at least 4 members (excludes halogenated alkanes) is 14. The lowest BCUT2D eigenvalue weighted by molar-refractivity contribution is -0.870. The van der Waals surface area contributed by atoms with Crippen LogP contribution in [0, 0.1) is 0 Å². The van der Waals surface area contributed by atoms with Crippen LogP contribution in [0.2, 0.25) is 0 Å². The fraction of sp³-hybridized carbons (Fsp3) is 0.679. The zero-order chi connectivity index (χ0) is 45.5. The molecule has 0 aliphatic heterocycles. The van der Waals surface area contributed by atoms with E-state index >= 15 is 0 Å². The molecule has 0 aromatic rings. The van der Waals surface area contributed by atoms with Crippen molar-refractivity contribution in [3.8, 4) is 0 Å². The largest absolute Gasteiger partial charge is 0.472 e. The molecule has 2 unspecified atom stereocenters. The summed E-state index contributed by atoms with van der Waals surface area (Å²) in [5.41, 5.74) is 0. The third-order valence-electron chi connectivity index (χ3n) is 9.88. The first-order chi connectivity index (χ1) is 30.1. The summed E-state index contributed by atoms with van der Waals surface area (Å²) in [6.45, 7) is 5.37. The summed E-state index contributed by atoms with van der Waals surface area (Å²) < 4.78 is 35.1. The van der Waals surface area contributed by atoms with E-state index in [9.17, 15) is 14.3 Å². The van der Waals surface area contributed by atoms with Crippen molar-refractivity contribution in [2.75, 3.05) is 54.1 Å². The van der Waals surface area contributed by atoms with Crippen molar-refractivity contribution >= 4 is 13.8 Å². The Bertz CT molecular complexity index is 1310. The van der Waals surface area contributed by atoms with Crippen LogP contribution < -0.4 is 0 Å². The van der Waals surface area contributed by atoms with Crippen molar-refractivity contribution in [3.63, 3.8) is 0 Å².